The van der Waals surface area contributed by atoms with Gasteiger partial charge in [0.15, 0.2) is 0 Å². The van der Waals surface area contributed by atoms with Crippen LogP contribution in [0.1, 0.15) is 17.2 Å². The first-order chi connectivity index (χ1) is 14.9. The summed E-state index contributed by atoms with van der Waals surface area (Å²) in [6.07, 6.45) is 0. The van der Waals surface area contributed by atoms with Crippen LogP contribution in [0.5, 0.6) is 0 Å². The Balaban J connectivity index is 1.71. The highest BCUT2D eigenvalue weighted by atomic mass is 35.5. The third-order valence-corrected chi connectivity index (χ3v) is 7.14. The van der Waals surface area contributed by atoms with Crippen molar-refractivity contribution >= 4 is 56.0 Å². The fourth-order valence-electron chi connectivity index (χ4n) is 3.08. The molecule has 158 valence electrons. The largest absolute Gasteiger partial charge is 0.324 e. The van der Waals surface area contributed by atoms with Crippen LogP contribution < -0.4 is 10.0 Å². The van der Waals surface area contributed by atoms with Crippen LogP contribution in [0.2, 0.25) is 5.02 Å². The van der Waals surface area contributed by atoms with Crippen molar-refractivity contribution in [1.82, 2.24) is 13.5 Å². The molecule has 0 aliphatic rings. The average Bonchev–Trinajstić information content (AvgIpc) is 3.24. The van der Waals surface area contributed by atoms with Gasteiger partial charge in [-0.15, -0.1) is 0 Å². The van der Waals surface area contributed by atoms with Crippen LogP contribution in [-0.2, 0) is 14.8 Å². The number of hydrogen-bond acceptors (Lipinski definition) is 6. The first-order valence-electron chi connectivity index (χ1n) is 9.21. The number of benzene rings is 3. The van der Waals surface area contributed by atoms with E-state index in [1.807, 2.05) is 0 Å². The van der Waals surface area contributed by atoms with Gasteiger partial charge in [-0.05, 0) is 42.3 Å². The SMILES string of the molecule is Cc1c(Cl)cccc1NC(=O)[C@@H](NS(=O)(=O)c1cccc2nsnc12)c1ccccc1. The summed E-state index contributed by atoms with van der Waals surface area (Å²) in [4.78, 5) is 13.2. The van der Waals surface area contributed by atoms with Crippen molar-refractivity contribution in [2.75, 3.05) is 5.32 Å². The molecule has 0 aliphatic heterocycles. The maximum Gasteiger partial charge on any atom is 0.247 e. The molecule has 0 saturated carbocycles. The Bertz CT molecular complexity index is 1360. The van der Waals surface area contributed by atoms with Gasteiger partial charge >= 0.3 is 0 Å². The average molecular weight is 473 g/mol. The van der Waals surface area contributed by atoms with E-state index >= 15 is 0 Å². The molecule has 1 aromatic heterocycles. The number of rotatable bonds is 6. The first kappa shape index (κ1) is 21.4. The number of amides is 1. The Morgan fingerprint density at radius 3 is 2.52 bits per heavy atom. The van der Waals surface area contributed by atoms with Crippen LogP contribution in [0.15, 0.2) is 71.6 Å². The van der Waals surface area contributed by atoms with Gasteiger partial charge < -0.3 is 5.32 Å². The second-order valence-corrected chi connectivity index (χ2v) is 9.37. The summed E-state index contributed by atoms with van der Waals surface area (Å²) in [5.74, 6) is -0.538. The number of fused-ring (bicyclic) bond motifs is 1. The Kier molecular flexibility index (Phi) is 6.01. The first-order valence-corrected chi connectivity index (χ1v) is 11.8. The summed E-state index contributed by atoms with van der Waals surface area (Å²) < 4.78 is 37.2. The number of anilines is 1. The Hall–Kier alpha value is -2.85. The van der Waals surface area contributed by atoms with Gasteiger partial charge in [0.25, 0.3) is 0 Å². The molecular weight excluding hydrogens is 456 g/mol. The van der Waals surface area contributed by atoms with E-state index in [-0.39, 0.29) is 10.4 Å². The van der Waals surface area contributed by atoms with Crippen LogP contribution in [0, 0.1) is 6.92 Å². The topological polar surface area (TPSA) is 101 Å². The van der Waals surface area contributed by atoms with Crippen molar-refractivity contribution in [2.24, 2.45) is 0 Å². The Morgan fingerprint density at radius 1 is 1.00 bits per heavy atom. The van der Waals surface area contributed by atoms with E-state index in [1.165, 1.54) is 6.07 Å². The van der Waals surface area contributed by atoms with Gasteiger partial charge in [0.1, 0.15) is 22.0 Å². The lowest BCUT2D eigenvalue weighted by molar-refractivity contribution is -0.117. The molecular formula is C21H17ClN4O3S2. The fraction of sp³-hybridized carbons (Fsp3) is 0.0952. The van der Waals surface area contributed by atoms with E-state index in [0.717, 1.165) is 11.7 Å². The molecule has 0 bridgehead atoms. The van der Waals surface area contributed by atoms with Gasteiger partial charge in [-0.25, -0.2) is 8.42 Å². The van der Waals surface area contributed by atoms with E-state index in [9.17, 15) is 13.2 Å². The van der Waals surface area contributed by atoms with E-state index in [4.69, 9.17) is 11.6 Å². The van der Waals surface area contributed by atoms with Crippen molar-refractivity contribution in [1.29, 1.82) is 0 Å². The summed E-state index contributed by atoms with van der Waals surface area (Å²) in [5, 5.41) is 3.28. The molecule has 4 aromatic rings. The van der Waals surface area contributed by atoms with Crippen LogP contribution in [0.4, 0.5) is 5.69 Å². The number of aromatic nitrogens is 2. The monoisotopic (exact) mass is 472 g/mol. The highest BCUT2D eigenvalue weighted by Gasteiger charge is 2.29. The summed E-state index contributed by atoms with van der Waals surface area (Å²) in [7, 11) is -4.09. The summed E-state index contributed by atoms with van der Waals surface area (Å²) in [6.45, 7) is 1.77. The molecule has 31 heavy (non-hydrogen) atoms. The number of sulfonamides is 1. The standard InChI is InChI=1S/C21H17ClN4O3S2/c1-13-15(22)9-5-10-16(13)23-21(27)19(14-7-3-2-4-8-14)26-31(28,29)18-12-6-11-17-20(18)25-30-24-17/h2-12,19,26H,1H3,(H,23,27)/t19-/m0/s1. The van der Waals surface area contributed by atoms with E-state index in [2.05, 4.69) is 18.8 Å². The predicted molar refractivity (Wildman–Crippen MR) is 122 cm³/mol. The molecule has 1 atom stereocenters. The van der Waals surface area contributed by atoms with Crippen molar-refractivity contribution in [3.63, 3.8) is 0 Å². The van der Waals surface area contributed by atoms with E-state index < -0.39 is 22.0 Å². The zero-order valence-electron chi connectivity index (χ0n) is 16.2. The predicted octanol–water partition coefficient (Wildman–Crippen LogP) is 4.31. The second-order valence-electron chi connectivity index (χ2n) is 6.75. The minimum absolute atomic E-state index is 0.0357. The maximum atomic E-state index is 13.2. The zero-order valence-corrected chi connectivity index (χ0v) is 18.6. The lowest BCUT2D eigenvalue weighted by atomic mass is 10.1. The maximum absolute atomic E-state index is 13.2. The molecule has 0 spiro atoms. The molecule has 0 unspecified atom stereocenters. The minimum atomic E-state index is -4.09. The van der Waals surface area contributed by atoms with E-state index in [0.29, 0.717) is 27.4 Å². The molecule has 1 amide bonds. The Labute approximate surface area is 188 Å². The summed E-state index contributed by atoms with van der Waals surface area (Å²) >= 11 is 7.08. The molecule has 0 saturated heterocycles. The fourth-order valence-corrected chi connectivity index (χ4v) is 5.21. The number of carbonyl (C=O) groups is 1. The molecule has 1 heterocycles. The number of nitrogens with zero attached hydrogens (tertiary/aromatic N) is 2. The van der Waals surface area contributed by atoms with Crippen molar-refractivity contribution in [2.45, 2.75) is 17.9 Å². The molecule has 0 fully saturated rings. The van der Waals surface area contributed by atoms with Gasteiger partial charge in [-0.3, -0.25) is 4.79 Å². The van der Waals surface area contributed by atoms with Crippen molar-refractivity contribution in [3.05, 3.63) is 82.9 Å². The zero-order chi connectivity index (χ0) is 22.0. The van der Waals surface area contributed by atoms with Gasteiger partial charge in [0.2, 0.25) is 15.9 Å². The van der Waals surface area contributed by atoms with Crippen LogP contribution in [0.3, 0.4) is 0 Å². The molecule has 7 nitrogen and oxygen atoms in total. The highest BCUT2D eigenvalue weighted by Crippen LogP contribution is 2.27. The lowest BCUT2D eigenvalue weighted by Crippen LogP contribution is -2.37. The van der Waals surface area contributed by atoms with Gasteiger partial charge in [0, 0.05) is 10.7 Å². The lowest BCUT2D eigenvalue weighted by Gasteiger charge is -2.20. The molecule has 3 aromatic carbocycles. The molecule has 0 radical (unpaired) electrons. The van der Waals surface area contributed by atoms with Crippen molar-refractivity contribution < 1.29 is 13.2 Å². The van der Waals surface area contributed by atoms with Crippen molar-refractivity contribution in [3.8, 4) is 0 Å². The second kappa shape index (κ2) is 8.72. The molecule has 0 aliphatic carbocycles. The number of halogens is 1. The Morgan fingerprint density at radius 2 is 1.74 bits per heavy atom. The smallest absolute Gasteiger partial charge is 0.247 e. The number of carbonyl (C=O) groups excluding carboxylic acids is 1. The molecule has 2 N–H and O–H groups in total. The molecule has 10 heteroatoms. The van der Waals surface area contributed by atoms with E-state index in [1.54, 1.807) is 67.6 Å². The third kappa shape index (κ3) is 4.45. The minimum Gasteiger partial charge on any atom is -0.324 e. The van der Waals surface area contributed by atoms with Gasteiger partial charge in [0.05, 0.1) is 11.7 Å². The van der Waals surface area contributed by atoms with Crippen LogP contribution in [0.25, 0.3) is 11.0 Å². The molecule has 4 rings (SSSR count). The third-order valence-electron chi connectivity index (χ3n) is 4.73. The highest BCUT2D eigenvalue weighted by molar-refractivity contribution is 7.89. The summed E-state index contributed by atoms with van der Waals surface area (Å²) in [6, 6.07) is 17.3. The quantitative estimate of drug-likeness (QED) is 0.435. The van der Waals surface area contributed by atoms with Gasteiger partial charge in [-0.1, -0.05) is 54.1 Å². The van der Waals surface area contributed by atoms with Crippen LogP contribution >= 0.6 is 23.3 Å². The van der Waals surface area contributed by atoms with Gasteiger partial charge in [-0.2, -0.15) is 13.5 Å². The summed E-state index contributed by atoms with van der Waals surface area (Å²) in [5.41, 5.74) is 2.42. The normalized spacial score (nSPS) is 12.6. The number of nitrogens with one attached hydrogen (secondary N) is 2. The van der Waals surface area contributed by atoms with Crippen LogP contribution in [-0.4, -0.2) is 23.1 Å². The number of hydrogen-bond donors (Lipinski definition) is 2.